The van der Waals surface area contributed by atoms with E-state index in [4.69, 9.17) is 0 Å². The first-order valence-corrected chi connectivity index (χ1v) is 14.0. The van der Waals surface area contributed by atoms with Gasteiger partial charge in [0.2, 0.25) is 17.7 Å². The van der Waals surface area contributed by atoms with Crippen LogP contribution in [0.15, 0.2) is 55.6 Å². The second-order valence-electron chi connectivity index (χ2n) is 10.5. The highest BCUT2D eigenvalue weighted by atomic mass is 32.2. The Morgan fingerprint density at radius 1 is 1.22 bits per heavy atom. The average Bonchev–Trinajstić information content (AvgIpc) is 3.48. The summed E-state index contributed by atoms with van der Waals surface area (Å²) in [6, 6.07) is 8.54. The lowest BCUT2D eigenvalue weighted by Crippen LogP contribution is -2.59. The molecule has 0 radical (unpaired) electrons. The van der Waals surface area contributed by atoms with Crippen molar-refractivity contribution < 1.29 is 19.5 Å². The normalized spacial score (nSPS) is 30.6. The van der Waals surface area contributed by atoms with Gasteiger partial charge in [-0.25, -0.2) is 0 Å². The zero-order valence-electron chi connectivity index (χ0n) is 22.1. The number of nitrogens with zero attached hydrogens (tertiary/aromatic N) is 3. The fourth-order valence-electron chi connectivity index (χ4n) is 6.73. The van der Waals surface area contributed by atoms with Gasteiger partial charge in [-0.05, 0) is 24.3 Å². The van der Waals surface area contributed by atoms with E-state index >= 15 is 0 Å². The van der Waals surface area contributed by atoms with Crippen molar-refractivity contribution in [3.63, 3.8) is 0 Å². The highest BCUT2D eigenvalue weighted by Gasteiger charge is 2.76. The number of likely N-dealkylation sites (tertiary alicyclic amines) is 1. The van der Waals surface area contributed by atoms with Crippen LogP contribution < -0.4 is 0 Å². The molecule has 3 saturated heterocycles. The van der Waals surface area contributed by atoms with Gasteiger partial charge in [0.05, 0.1) is 29.2 Å². The molecule has 1 N–H and O–H groups in total. The number of hydrogen-bond donors (Lipinski definition) is 1. The van der Waals surface area contributed by atoms with Crippen LogP contribution in [0, 0.1) is 17.8 Å². The molecule has 3 fully saturated rings. The number of carbonyl (C=O) groups is 3. The zero-order chi connectivity index (χ0) is 26.9. The van der Waals surface area contributed by atoms with Crippen LogP contribution in [0.4, 0.5) is 0 Å². The van der Waals surface area contributed by atoms with Gasteiger partial charge in [0, 0.05) is 31.9 Å². The van der Waals surface area contributed by atoms with Crippen molar-refractivity contribution in [3.8, 4) is 0 Å². The topological polar surface area (TPSA) is 81.2 Å². The number of carbonyl (C=O) groups excluding carboxylic acids is 3. The summed E-state index contributed by atoms with van der Waals surface area (Å²) in [6.45, 7) is 12.6. The first-order chi connectivity index (χ1) is 17.8. The summed E-state index contributed by atoms with van der Waals surface area (Å²) in [7, 11) is 1.74. The average molecular weight is 526 g/mol. The number of aliphatic hydroxyl groups excluding tert-OH is 1. The molecule has 0 saturated carbocycles. The largest absolute Gasteiger partial charge is 0.394 e. The molecule has 37 heavy (non-hydrogen) atoms. The summed E-state index contributed by atoms with van der Waals surface area (Å²) in [5.41, 5.74) is 0.993. The first kappa shape index (κ1) is 27.5. The molecule has 200 valence electrons. The van der Waals surface area contributed by atoms with Crippen molar-refractivity contribution in [2.75, 3.05) is 26.7 Å². The lowest BCUT2D eigenvalue weighted by molar-refractivity contribution is -0.147. The number of hydrogen-bond acceptors (Lipinski definition) is 5. The predicted octanol–water partition coefficient (Wildman–Crippen LogP) is 2.95. The maximum absolute atomic E-state index is 14.5. The number of thioether (sulfide) groups is 1. The Morgan fingerprint density at radius 2 is 1.89 bits per heavy atom. The Morgan fingerprint density at radius 3 is 2.49 bits per heavy atom. The summed E-state index contributed by atoms with van der Waals surface area (Å²) in [4.78, 5) is 47.4. The molecule has 3 aliphatic rings. The summed E-state index contributed by atoms with van der Waals surface area (Å²) in [6.07, 6.45) is 4.69. The molecule has 0 aromatic heterocycles. The van der Waals surface area contributed by atoms with Crippen LogP contribution in [0.25, 0.3) is 0 Å². The highest BCUT2D eigenvalue weighted by Crippen LogP contribution is 2.69. The van der Waals surface area contributed by atoms with Gasteiger partial charge in [0.1, 0.15) is 6.04 Å². The van der Waals surface area contributed by atoms with Crippen LogP contribution in [-0.4, -0.2) is 86.4 Å². The zero-order valence-corrected chi connectivity index (χ0v) is 22.9. The fourth-order valence-corrected chi connectivity index (χ4v) is 9.13. The Hall–Kier alpha value is -2.58. The smallest absolute Gasteiger partial charge is 0.247 e. The molecule has 3 heterocycles. The molecular formula is C29H39N3O4S. The van der Waals surface area contributed by atoms with E-state index in [9.17, 15) is 19.5 Å². The van der Waals surface area contributed by atoms with E-state index in [1.807, 2.05) is 37.3 Å². The third kappa shape index (κ3) is 4.42. The highest BCUT2D eigenvalue weighted by molar-refractivity contribution is 8.02. The van der Waals surface area contributed by atoms with E-state index < -0.39 is 28.7 Å². The maximum Gasteiger partial charge on any atom is 0.247 e. The van der Waals surface area contributed by atoms with Crippen molar-refractivity contribution >= 4 is 29.5 Å². The van der Waals surface area contributed by atoms with Crippen molar-refractivity contribution in [1.82, 2.24) is 14.7 Å². The van der Waals surface area contributed by atoms with E-state index in [1.165, 1.54) is 0 Å². The van der Waals surface area contributed by atoms with E-state index in [-0.39, 0.29) is 35.5 Å². The molecule has 7 atom stereocenters. The molecular weight excluding hydrogens is 486 g/mol. The van der Waals surface area contributed by atoms with Gasteiger partial charge in [-0.15, -0.1) is 24.9 Å². The van der Waals surface area contributed by atoms with Crippen molar-refractivity contribution in [2.45, 2.75) is 55.3 Å². The number of amides is 3. The summed E-state index contributed by atoms with van der Waals surface area (Å²) in [5.74, 6) is -1.40. The van der Waals surface area contributed by atoms with Crippen molar-refractivity contribution in [3.05, 3.63) is 61.2 Å². The van der Waals surface area contributed by atoms with E-state index in [0.29, 0.717) is 26.1 Å². The van der Waals surface area contributed by atoms with Gasteiger partial charge >= 0.3 is 0 Å². The van der Waals surface area contributed by atoms with E-state index in [0.717, 1.165) is 12.0 Å². The molecule has 3 aliphatic heterocycles. The summed E-state index contributed by atoms with van der Waals surface area (Å²) >= 11 is 1.66. The molecule has 0 aliphatic carbocycles. The summed E-state index contributed by atoms with van der Waals surface area (Å²) < 4.78 is -0.715. The summed E-state index contributed by atoms with van der Waals surface area (Å²) in [5, 5.41) is 10.3. The molecule has 8 heteroatoms. The van der Waals surface area contributed by atoms with Gasteiger partial charge in [0.15, 0.2) is 0 Å². The second-order valence-corrected chi connectivity index (χ2v) is 12.1. The fraction of sp³-hybridized carbons (Fsp3) is 0.552. The van der Waals surface area contributed by atoms with E-state index in [1.54, 1.807) is 45.7 Å². The van der Waals surface area contributed by atoms with Gasteiger partial charge in [-0.3, -0.25) is 14.4 Å². The number of aliphatic hydroxyl groups is 1. The van der Waals surface area contributed by atoms with Crippen molar-refractivity contribution in [1.29, 1.82) is 0 Å². The van der Waals surface area contributed by atoms with E-state index in [2.05, 4.69) is 20.1 Å². The Labute approximate surface area is 224 Å². The monoisotopic (exact) mass is 525 g/mol. The van der Waals surface area contributed by atoms with Gasteiger partial charge < -0.3 is 19.8 Å². The van der Waals surface area contributed by atoms with Crippen LogP contribution in [-0.2, 0) is 20.9 Å². The van der Waals surface area contributed by atoms with Crippen molar-refractivity contribution in [2.24, 2.45) is 17.8 Å². The molecule has 3 unspecified atom stereocenters. The SMILES string of the molecule is C=CCN(C)C(=O)[C@@H]1[C@@H]2CC(C)C3(S2)C(C(=O)N(CC=C)Cc2ccccc2)N([C@@H](CC)CO)C(=O)[C@H]13. The predicted molar refractivity (Wildman–Crippen MR) is 147 cm³/mol. The molecule has 3 amide bonds. The van der Waals surface area contributed by atoms with Crippen LogP contribution >= 0.6 is 11.8 Å². The molecule has 7 nitrogen and oxygen atoms in total. The molecule has 2 bridgehead atoms. The van der Waals surface area contributed by atoms with Gasteiger partial charge in [0.25, 0.3) is 0 Å². The Kier molecular flexibility index (Phi) is 8.19. The van der Waals surface area contributed by atoms with Crippen LogP contribution in [0.5, 0.6) is 0 Å². The Bertz CT molecular complexity index is 1040. The molecule has 4 rings (SSSR count). The minimum atomic E-state index is -0.752. The second kappa shape index (κ2) is 11.0. The molecule has 1 aromatic rings. The number of fused-ring (bicyclic) bond motifs is 1. The van der Waals surface area contributed by atoms with Crippen LogP contribution in [0.1, 0.15) is 32.3 Å². The third-order valence-corrected chi connectivity index (χ3v) is 10.5. The first-order valence-electron chi connectivity index (χ1n) is 13.2. The lowest BCUT2D eigenvalue weighted by atomic mass is 9.65. The van der Waals surface area contributed by atoms with Gasteiger partial charge in [-0.1, -0.05) is 56.3 Å². The van der Waals surface area contributed by atoms with Crippen LogP contribution in [0.2, 0.25) is 0 Å². The number of likely N-dealkylation sites (N-methyl/N-ethyl adjacent to an activating group) is 1. The third-order valence-electron chi connectivity index (χ3n) is 8.43. The minimum Gasteiger partial charge on any atom is -0.394 e. The number of rotatable bonds is 11. The number of benzene rings is 1. The lowest BCUT2D eigenvalue weighted by Gasteiger charge is -2.42. The van der Waals surface area contributed by atoms with Crippen LogP contribution in [0.3, 0.4) is 0 Å². The molecule has 1 aromatic carbocycles. The quantitative estimate of drug-likeness (QED) is 0.450. The molecule has 1 spiro atoms. The minimum absolute atomic E-state index is 0.0163. The maximum atomic E-state index is 14.5. The van der Waals surface area contributed by atoms with Gasteiger partial charge in [-0.2, -0.15) is 0 Å². The Balaban J connectivity index is 1.79. The standard InChI is InChI=1S/C29H39N3O4S/c1-6-14-30(5)26(34)23-22-16-19(4)29(37-22)24(23)27(35)32(21(8-3)18-33)25(29)28(36)31(15-7-2)17-20-12-10-9-11-13-20/h6-7,9-13,19,21-25,33H,1-2,8,14-18H2,3-5H3/t19?,21-,22-,23+,24-,25?,29?/m0/s1.